The van der Waals surface area contributed by atoms with Gasteiger partial charge in [0.2, 0.25) is 5.91 Å². The van der Waals surface area contributed by atoms with Crippen LogP contribution in [-0.2, 0) is 4.79 Å². The number of carbonyl (C=O) groups is 1. The summed E-state index contributed by atoms with van der Waals surface area (Å²) in [6, 6.07) is 5.47. The fraction of sp³-hybridized carbons (Fsp3) is 0.278. The van der Waals surface area contributed by atoms with Gasteiger partial charge in [-0.25, -0.2) is 9.67 Å². The molecule has 0 spiro atoms. The molecule has 0 atom stereocenters. The molecule has 0 aliphatic carbocycles. The van der Waals surface area contributed by atoms with E-state index in [1.807, 2.05) is 26.0 Å². The first-order valence-corrected chi connectivity index (χ1v) is 8.22. The zero-order chi connectivity index (χ0) is 18.7. The van der Waals surface area contributed by atoms with E-state index in [1.165, 1.54) is 0 Å². The number of hydrogen-bond donors (Lipinski definition) is 1. The number of aryl methyl sites for hydroxylation is 2. The van der Waals surface area contributed by atoms with E-state index < -0.39 is 0 Å². The normalized spacial score (nSPS) is 10.6. The second kappa shape index (κ2) is 7.30. The molecule has 0 fully saturated rings. The van der Waals surface area contributed by atoms with Gasteiger partial charge in [-0.2, -0.15) is 10.1 Å². The Morgan fingerprint density at radius 1 is 1.19 bits per heavy atom. The molecule has 0 saturated carbocycles. The van der Waals surface area contributed by atoms with Crippen molar-refractivity contribution in [2.45, 2.75) is 27.2 Å². The van der Waals surface area contributed by atoms with Crippen LogP contribution in [0.15, 0.2) is 30.6 Å². The lowest BCUT2D eigenvalue weighted by atomic mass is 10.2. The summed E-state index contributed by atoms with van der Waals surface area (Å²) in [7, 11) is 1.58. The average Bonchev–Trinajstić information content (AvgIpc) is 2.99. The van der Waals surface area contributed by atoms with Crippen LogP contribution in [0.1, 0.15) is 24.7 Å². The fourth-order valence-electron chi connectivity index (χ4n) is 2.47. The average molecular weight is 352 g/mol. The molecule has 8 heteroatoms. The Morgan fingerprint density at radius 2 is 2.00 bits per heavy atom. The first-order chi connectivity index (χ1) is 12.5. The van der Waals surface area contributed by atoms with Gasteiger partial charge in [-0.05, 0) is 26.0 Å². The minimum absolute atomic E-state index is 0.127. The highest BCUT2D eigenvalue weighted by atomic mass is 16.5. The summed E-state index contributed by atoms with van der Waals surface area (Å²) in [6.07, 6.45) is 3.66. The van der Waals surface area contributed by atoms with Gasteiger partial charge >= 0.3 is 0 Å². The lowest BCUT2D eigenvalue weighted by Crippen LogP contribution is -2.14. The van der Waals surface area contributed by atoms with E-state index in [1.54, 1.807) is 37.2 Å². The standard InChI is InChI=1S/C18H20N6O2/c1-5-17(25)21-16-8-15(13-7-14(26-4)10-19-9-13)20-18(22-16)24-12(3)6-11(2)23-24/h6-10H,5H2,1-4H3,(H,20,21,22,25). The number of carbonyl (C=O) groups excluding carboxylic acids is 1. The van der Waals surface area contributed by atoms with Crippen LogP contribution in [0.5, 0.6) is 5.75 Å². The molecule has 0 radical (unpaired) electrons. The van der Waals surface area contributed by atoms with Crippen molar-refractivity contribution < 1.29 is 9.53 Å². The number of hydrogen-bond acceptors (Lipinski definition) is 6. The van der Waals surface area contributed by atoms with Gasteiger partial charge in [0, 0.05) is 29.9 Å². The Bertz CT molecular complexity index is 951. The summed E-state index contributed by atoms with van der Waals surface area (Å²) >= 11 is 0. The number of amides is 1. The number of aromatic nitrogens is 5. The van der Waals surface area contributed by atoms with Crippen LogP contribution < -0.4 is 10.1 Å². The molecule has 0 unspecified atom stereocenters. The van der Waals surface area contributed by atoms with E-state index in [4.69, 9.17) is 4.74 Å². The Labute approximate surface area is 151 Å². The van der Waals surface area contributed by atoms with E-state index >= 15 is 0 Å². The quantitative estimate of drug-likeness (QED) is 0.758. The Kier molecular flexibility index (Phi) is 4.92. The molecule has 1 N–H and O–H groups in total. The summed E-state index contributed by atoms with van der Waals surface area (Å²) in [5.74, 6) is 1.28. The lowest BCUT2D eigenvalue weighted by molar-refractivity contribution is -0.115. The highest BCUT2D eigenvalue weighted by Gasteiger charge is 2.13. The van der Waals surface area contributed by atoms with Crippen molar-refractivity contribution in [3.05, 3.63) is 42.0 Å². The summed E-state index contributed by atoms with van der Waals surface area (Å²) in [5, 5.41) is 7.21. The molecule has 8 nitrogen and oxygen atoms in total. The maximum absolute atomic E-state index is 11.8. The largest absolute Gasteiger partial charge is 0.495 e. The summed E-state index contributed by atoms with van der Waals surface area (Å²) in [5.41, 5.74) is 3.12. The van der Waals surface area contributed by atoms with Gasteiger partial charge in [-0.15, -0.1) is 0 Å². The van der Waals surface area contributed by atoms with Crippen molar-refractivity contribution in [2.24, 2.45) is 0 Å². The van der Waals surface area contributed by atoms with E-state index in [9.17, 15) is 4.79 Å². The van der Waals surface area contributed by atoms with E-state index in [0.29, 0.717) is 29.6 Å². The van der Waals surface area contributed by atoms with Crippen LogP contribution in [0.25, 0.3) is 17.2 Å². The van der Waals surface area contributed by atoms with E-state index in [2.05, 4.69) is 25.4 Å². The molecule has 3 rings (SSSR count). The molecule has 3 aromatic rings. The third kappa shape index (κ3) is 3.69. The van der Waals surface area contributed by atoms with E-state index in [0.717, 1.165) is 17.0 Å². The van der Waals surface area contributed by atoms with E-state index in [-0.39, 0.29) is 5.91 Å². The number of nitrogens with one attached hydrogen (secondary N) is 1. The second-order valence-electron chi connectivity index (χ2n) is 5.79. The van der Waals surface area contributed by atoms with Crippen molar-refractivity contribution in [1.82, 2.24) is 24.7 Å². The molecule has 26 heavy (non-hydrogen) atoms. The summed E-state index contributed by atoms with van der Waals surface area (Å²) < 4.78 is 6.88. The zero-order valence-corrected chi connectivity index (χ0v) is 15.1. The highest BCUT2D eigenvalue weighted by Crippen LogP contribution is 2.24. The van der Waals surface area contributed by atoms with Crippen molar-refractivity contribution in [2.75, 3.05) is 12.4 Å². The van der Waals surface area contributed by atoms with Crippen molar-refractivity contribution in [3.63, 3.8) is 0 Å². The number of ether oxygens (including phenoxy) is 1. The minimum atomic E-state index is -0.127. The van der Waals surface area contributed by atoms with Crippen LogP contribution in [0, 0.1) is 13.8 Å². The predicted molar refractivity (Wildman–Crippen MR) is 97.3 cm³/mol. The molecule has 0 bridgehead atoms. The third-order valence-corrected chi connectivity index (χ3v) is 3.75. The number of rotatable bonds is 5. The van der Waals surface area contributed by atoms with Gasteiger partial charge in [0.15, 0.2) is 0 Å². The van der Waals surface area contributed by atoms with Gasteiger partial charge in [0.25, 0.3) is 5.95 Å². The lowest BCUT2D eigenvalue weighted by Gasteiger charge is -2.10. The van der Waals surface area contributed by atoms with Crippen LogP contribution >= 0.6 is 0 Å². The summed E-state index contributed by atoms with van der Waals surface area (Å²) in [6.45, 7) is 5.61. The number of methoxy groups -OCH3 is 1. The Morgan fingerprint density at radius 3 is 2.65 bits per heavy atom. The maximum atomic E-state index is 11.8. The van der Waals surface area contributed by atoms with Crippen LogP contribution in [-0.4, -0.2) is 37.7 Å². The highest BCUT2D eigenvalue weighted by molar-refractivity contribution is 5.90. The molecular weight excluding hydrogens is 332 g/mol. The van der Waals surface area contributed by atoms with Gasteiger partial charge in [0.05, 0.1) is 24.7 Å². The van der Waals surface area contributed by atoms with Gasteiger partial charge in [-0.1, -0.05) is 6.92 Å². The molecule has 0 aliphatic heterocycles. The monoisotopic (exact) mass is 352 g/mol. The van der Waals surface area contributed by atoms with Crippen molar-refractivity contribution >= 4 is 11.7 Å². The SMILES string of the molecule is CCC(=O)Nc1cc(-c2cncc(OC)c2)nc(-n2nc(C)cc2C)n1. The first-order valence-electron chi connectivity index (χ1n) is 8.22. The molecule has 3 aromatic heterocycles. The predicted octanol–water partition coefficient (Wildman–Crippen LogP) is 2.70. The van der Waals surface area contributed by atoms with Gasteiger partial charge in [-0.3, -0.25) is 9.78 Å². The molecule has 1 amide bonds. The van der Waals surface area contributed by atoms with Crippen molar-refractivity contribution in [1.29, 1.82) is 0 Å². The van der Waals surface area contributed by atoms with Crippen LogP contribution in [0.2, 0.25) is 0 Å². The van der Waals surface area contributed by atoms with Gasteiger partial charge in [0.1, 0.15) is 11.6 Å². The van der Waals surface area contributed by atoms with Crippen LogP contribution in [0.3, 0.4) is 0 Å². The molecule has 0 aromatic carbocycles. The zero-order valence-electron chi connectivity index (χ0n) is 15.1. The van der Waals surface area contributed by atoms with Crippen molar-refractivity contribution in [3.8, 4) is 23.0 Å². The molecule has 3 heterocycles. The number of pyridine rings is 1. The fourth-order valence-corrected chi connectivity index (χ4v) is 2.47. The number of nitrogens with zero attached hydrogens (tertiary/aromatic N) is 5. The molecular formula is C18H20N6O2. The molecule has 0 saturated heterocycles. The first kappa shape index (κ1) is 17.5. The topological polar surface area (TPSA) is 94.8 Å². The van der Waals surface area contributed by atoms with Gasteiger partial charge < -0.3 is 10.1 Å². The molecule has 134 valence electrons. The maximum Gasteiger partial charge on any atom is 0.253 e. The Balaban J connectivity index is 2.13. The van der Waals surface area contributed by atoms with Crippen LogP contribution in [0.4, 0.5) is 5.82 Å². The number of anilines is 1. The summed E-state index contributed by atoms with van der Waals surface area (Å²) in [4.78, 5) is 25.0. The second-order valence-corrected chi connectivity index (χ2v) is 5.79. The Hall–Kier alpha value is -3.29. The third-order valence-electron chi connectivity index (χ3n) is 3.75. The minimum Gasteiger partial charge on any atom is -0.495 e. The smallest absolute Gasteiger partial charge is 0.253 e. The molecule has 0 aliphatic rings.